The van der Waals surface area contributed by atoms with E-state index in [1.165, 1.54) is 49.9 Å². The molecule has 3 heterocycles. The first kappa shape index (κ1) is 38.1. The Kier molecular flexibility index (Phi) is 15.8. The lowest BCUT2D eigenvalue weighted by Crippen LogP contribution is -2.39. The lowest BCUT2D eigenvalue weighted by atomic mass is 10.0. The number of likely N-dealkylation sites (tertiary alicyclic amines) is 1. The number of amides is 1. The summed E-state index contributed by atoms with van der Waals surface area (Å²) in [5.74, 6) is 2.86. The van der Waals surface area contributed by atoms with E-state index < -0.39 is 0 Å². The van der Waals surface area contributed by atoms with Gasteiger partial charge in [0.15, 0.2) is 11.2 Å². The van der Waals surface area contributed by atoms with Crippen molar-refractivity contribution in [1.82, 2.24) is 14.9 Å². The molecule has 1 saturated heterocycles. The van der Waals surface area contributed by atoms with Gasteiger partial charge in [0.2, 0.25) is 5.91 Å². The SMILES string of the molecule is CCCC1C[C@H]1/C(C)=C\CCCCCCC(=O)N1CCC[C@H]1C(C)=O.COc1ccc2c(=O)cc(-c3nccs3)[nH]c2c1Br.O=CO. The van der Waals surface area contributed by atoms with Gasteiger partial charge < -0.3 is 19.7 Å². The molecule has 1 aliphatic carbocycles. The van der Waals surface area contributed by atoms with Crippen molar-refractivity contribution in [2.75, 3.05) is 13.7 Å². The number of rotatable bonds is 13. The predicted molar refractivity (Wildman–Crippen MR) is 192 cm³/mol. The smallest absolute Gasteiger partial charge is 0.290 e. The van der Waals surface area contributed by atoms with Crippen LogP contribution in [0.25, 0.3) is 21.6 Å². The van der Waals surface area contributed by atoms with Crippen LogP contribution in [-0.2, 0) is 14.4 Å². The molecule has 2 fully saturated rings. The number of nitrogens with zero attached hydrogens (tertiary/aromatic N) is 2. The fourth-order valence-corrected chi connectivity index (χ4v) is 7.49. The van der Waals surface area contributed by atoms with Crippen molar-refractivity contribution in [3.8, 4) is 16.5 Å². The number of thiazole rings is 1. The second-order valence-electron chi connectivity index (χ2n) is 12.1. The number of carbonyl (C=O) groups is 3. The molecule has 5 rings (SSSR count). The molecule has 1 aromatic carbocycles. The number of methoxy groups -OCH3 is 1. The van der Waals surface area contributed by atoms with Crippen LogP contribution < -0.4 is 10.2 Å². The van der Waals surface area contributed by atoms with Gasteiger partial charge >= 0.3 is 0 Å². The molecule has 2 N–H and O–H groups in total. The highest BCUT2D eigenvalue weighted by atomic mass is 79.9. The van der Waals surface area contributed by atoms with Gasteiger partial charge in [-0.05, 0) is 92.3 Å². The number of ketones is 1. The maximum atomic E-state index is 12.3. The van der Waals surface area contributed by atoms with Crippen LogP contribution in [0.1, 0.15) is 91.4 Å². The van der Waals surface area contributed by atoms with E-state index in [4.69, 9.17) is 14.6 Å². The van der Waals surface area contributed by atoms with E-state index >= 15 is 0 Å². The minimum absolute atomic E-state index is 0.0395. The van der Waals surface area contributed by atoms with Crippen LogP contribution in [0.5, 0.6) is 5.75 Å². The Hall–Kier alpha value is -3.31. The van der Waals surface area contributed by atoms with E-state index in [9.17, 15) is 14.4 Å². The van der Waals surface area contributed by atoms with Gasteiger partial charge in [-0.1, -0.05) is 44.3 Å². The minimum Gasteiger partial charge on any atom is -0.495 e. The number of hydrogen-bond acceptors (Lipinski definition) is 7. The van der Waals surface area contributed by atoms with Crippen LogP contribution in [0.2, 0.25) is 0 Å². The molecule has 9 nitrogen and oxygen atoms in total. The first-order valence-electron chi connectivity index (χ1n) is 16.5. The van der Waals surface area contributed by atoms with Crippen molar-refractivity contribution in [2.45, 2.75) is 97.4 Å². The number of Topliss-reactive ketones (excluding diaryl/α,β-unsaturated/α-hetero) is 1. The van der Waals surface area contributed by atoms with Gasteiger partial charge in [0, 0.05) is 36.0 Å². The quantitative estimate of drug-likeness (QED) is 0.103. The number of allylic oxidation sites excluding steroid dienone is 2. The summed E-state index contributed by atoms with van der Waals surface area (Å²) in [6.45, 7) is 6.72. The number of halogens is 1. The molecule has 3 aromatic rings. The molecule has 0 bridgehead atoms. The summed E-state index contributed by atoms with van der Waals surface area (Å²) < 4.78 is 5.98. The first-order chi connectivity index (χ1) is 22.7. The van der Waals surface area contributed by atoms with E-state index in [0.29, 0.717) is 23.3 Å². The Morgan fingerprint density at radius 1 is 1.21 bits per heavy atom. The summed E-state index contributed by atoms with van der Waals surface area (Å²) in [6.07, 6.45) is 16.4. The Balaban J connectivity index is 0.000000242. The highest BCUT2D eigenvalue weighted by molar-refractivity contribution is 9.10. The van der Waals surface area contributed by atoms with E-state index in [0.717, 1.165) is 59.1 Å². The molecule has 11 heteroatoms. The molecule has 1 aliphatic heterocycles. The van der Waals surface area contributed by atoms with Crippen molar-refractivity contribution in [2.24, 2.45) is 11.8 Å². The van der Waals surface area contributed by atoms with Crippen molar-refractivity contribution in [3.05, 3.63) is 56.1 Å². The number of aromatic amines is 1. The summed E-state index contributed by atoms with van der Waals surface area (Å²) >= 11 is 4.94. The molecule has 3 atom stereocenters. The highest BCUT2D eigenvalue weighted by Crippen LogP contribution is 2.47. The van der Waals surface area contributed by atoms with Crippen LogP contribution in [-0.4, -0.2) is 57.8 Å². The van der Waals surface area contributed by atoms with E-state index in [2.05, 4.69) is 45.8 Å². The third kappa shape index (κ3) is 11.1. The van der Waals surface area contributed by atoms with E-state index in [1.807, 2.05) is 10.3 Å². The summed E-state index contributed by atoms with van der Waals surface area (Å²) in [5.41, 5.74) is 3.00. The van der Waals surface area contributed by atoms with Crippen molar-refractivity contribution in [3.63, 3.8) is 0 Å². The number of unbranched alkanes of at least 4 members (excludes halogenated alkanes) is 4. The molecule has 0 spiro atoms. The number of H-pyrrole nitrogens is 1. The zero-order valence-corrected chi connectivity index (χ0v) is 30.3. The standard InChI is InChI=1S/C22H37NO2.C13H9BrN2O2S.CH2O2/c1-4-11-19-16-20(19)17(2)12-8-6-5-7-9-14-22(25)23-15-10-13-21(23)18(3)24;1-18-10-3-2-7-9(17)6-8(13-15-4-5-19-13)16-12(7)11(10)14;2-1-3/h12,19-21H,4-11,13-16H2,1-3H3;2-6H,1H3,(H,16,17);1H,(H,2,3)/b17-12-;;/t19?,20-,21-;;/m0../s1. The normalized spacial score (nSPS) is 18.5. The first-order valence-corrected chi connectivity index (χ1v) is 18.2. The summed E-state index contributed by atoms with van der Waals surface area (Å²) in [7, 11) is 1.59. The number of hydrogen-bond donors (Lipinski definition) is 2. The van der Waals surface area contributed by atoms with Gasteiger partial charge in [-0.15, -0.1) is 11.3 Å². The maximum Gasteiger partial charge on any atom is 0.290 e. The molecule has 0 radical (unpaired) electrons. The van der Waals surface area contributed by atoms with Crippen LogP contribution in [0.3, 0.4) is 0 Å². The van der Waals surface area contributed by atoms with Gasteiger partial charge in [-0.2, -0.15) is 0 Å². The zero-order valence-electron chi connectivity index (χ0n) is 27.9. The number of aromatic nitrogens is 2. The fraction of sp³-hybridized carbons (Fsp3) is 0.528. The molecular formula is C36H48BrN3O6S. The minimum atomic E-state index is -0.250. The monoisotopic (exact) mass is 729 g/mol. The van der Waals surface area contributed by atoms with Crippen molar-refractivity contribution >= 4 is 56.3 Å². The Morgan fingerprint density at radius 2 is 1.96 bits per heavy atom. The molecule has 1 amide bonds. The lowest BCUT2D eigenvalue weighted by molar-refractivity contribution is -0.137. The van der Waals surface area contributed by atoms with Gasteiger partial charge in [-0.25, -0.2) is 4.98 Å². The number of fused-ring (bicyclic) bond motifs is 1. The number of carboxylic acid groups (broad SMARTS) is 1. The third-order valence-corrected chi connectivity index (χ3v) is 10.4. The largest absolute Gasteiger partial charge is 0.495 e. The number of pyridine rings is 1. The van der Waals surface area contributed by atoms with Crippen LogP contribution >= 0.6 is 27.3 Å². The molecule has 256 valence electrons. The molecule has 47 heavy (non-hydrogen) atoms. The predicted octanol–water partition coefficient (Wildman–Crippen LogP) is 8.41. The Bertz CT molecular complexity index is 1550. The average Bonchev–Trinajstić information content (AvgIpc) is 3.41. The molecule has 2 aromatic heterocycles. The Morgan fingerprint density at radius 3 is 2.62 bits per heavy atom. The van der Waals surface area contributed by atoms with Crippen LogP contribution in [0.4, 0.5) is 0 Å². The zero-order chi connectivity index (χ0) is 34.3. The van der Waals surface area contributed by atoms with Gasteiger partial charge in [-0.3, -0.25) is 19.2 Å². The lowest BCUT2D eigenvalue weighted by Gasteiger charge is -2.22. The molecule has 1 unspecified atom stereocenters. The number of benzene rings is 1. The van der Waals surface area contributed by atoms with Crippen LogP contribution in [0.15, 0.2) is 50.7 Å². The second kappa shape index (κ2) is 19.5. The maximum absolute atomic E-state index is 12.3. The Labute approximate surface area is 290 Å². The topological polar surface area (TPSA) is 130 Å². The average molecular weight is 731 g/mol. The van der Waals surface area contributed by atoms with Crippen molar-refractivity contribution < 1.29 is 24.2 Å². The van der Waals surface area contributed by atoms with Crippen molar-refractivity contribution in [1.29, 1.82) is 0 Å². The van der Waals surface area contributed by atoms with Crippen LogP contribution in [0, 0.1) is 11.8 Å². The summed E-state index contributed by atoms with van der Waals surface area (Å²) in [5, 5.41) is 10.2. The second-order valence-corrected chi connectivity index (χ2v) is 13.8. The number of nitrogens with one attached hydrogen (secondary N) is 1. The molecular weight excluding hydrogens is 682 g/mol. The summed E-state index contributed by atoms with van der Waals surface area (Å²) in [6, 6.07) is 4.95. The number of ether oxygens (including phenoxy) is 1. The summed E-state index contributed by atoms with van der Waals surface area (Å²) in [4.78, 5) is 53.6. The van der Waals surface area contributed by atoms with Gasteiger partial charge in [0.05, 0.1) is 28.8 Å². The highest BCUT2D eigenvalue weighted by Gasteiger charge is 2.36. The van der Waals surface area contributed by atoms with Gasteiger partial charge in [0.25, 0.3) is 6.47 Å². The molecule has 2 aliphatic rings. The fourth-order valence-electron chi connectivity index (χ4n) is 6.28. The molecule has 1 saturated carbocycles. The number of carbonyl (C=O) groups excluding carboxylic acids is 2. The van der Waals surface area contributed by atoms with E-state index in [1.54, 1.807) is 44.0 Å². The van der Waals surface area contributed by atoms with Gasteiger partial charge in [0.1, 0.15) is 10.8 Å². The van der Waals surface area contributed by atoms with E-state index in [-0.39, 0.29) is 29.6 Å². The third-order valence-electron chi connectivity index (χ3n) is 8.81.